The predicted octanol–water partition coefficient (Wildman–Crippen LogP) is 4.74. The number of nitrogens with one attached hydrogen (secondary N) is 3. The molecule has 9 heteroatoms. The Labute approximate surface area is 202 Å². The van der Waals surface area contributed by atoms with Gasteiger partial charge >= 0.3 is 0 Å². The quantitative estimate of drug-likeness (QED) is 0.243. The third-order valence-corrected chi connectivity index (χ3v) is 7.32. The highest BCUT2D eigenvalue weighted by Crippen LogP contribution is 2.38. The van der Waals surface area contributed by atoms with Gasteiger partial charge < -0.3 is 15.6 Å². The minimum Gasteiger partial charge on any atom is -0.360 e. The molecule has 1 saturated carbocycles. The van der Waals surface area contributed by atoms with Gasteiger partial charge in [0.05, 0.1) is 16.3 Å². The number of hydrogen-bond donors (Lipinski definition) is 3. The lowest BCUT2D eigenvalue weighted by Crippen LogP contribution is -2.48. The van der Waals surface area contributed by atoms with E-state index in [9.17, 15) is 10.1 Å². The maximum absolute atomic E-state index is 10.9. The minimum absolute atomic E-state index is 0.0100. The maximum atomic E-state index is 10.9. The van der Waals surface area contributed by atoms with Gasteiger partial charge in [-0.25, -0.2) is 9.97 Å². The monoisotopic (exact) mass is 469 g/mol. The van der Waals surface area contributed by atoms with Crippen molar-refractivity contribution in [2.75, 3.05) is 5.32 Å². The fraction of sp³-hybridized carbons (Fsp3) is 0.346. The molecule has 1 aromatic carbocycles. The fourth-order valence-electron chi connectivity index (χ4n) is 5.52. The highest BCUT2D eigenvalue weighted by atomic mass is 16.6. The lowest BCUT2D eigenvalue weighted by Gasteiger charge is -2.39. The van der Waals surface area contributed by atoms with Crippen molar-refractivity contribution >= 4 is 22.5 Å². The van der Waals surface area contributed by atoms with Crippen LogP contribution in [0.25, 0.3) is 22.2 Å². The molecule has 0 bridgehead atoms. The van der Waals surface area contributed by atoms with E-state index >= 15 is 0 Å². The summed E-state index contributed by atoms with van der Waals surface area (Å²) in [6.07, 6.45) is 10.3. The Morgan fingerprint density at radius 1 is 1.20 bits per heavy atom. The van der Waals surface area contributed by atoms with Crippen LogP contribution in [0.15, 0.2) is 48.9 Å². The first-order chi connectivity index (χ1) is 17.0. The van der Waals surface area contributed by atoms with Gasteiger partial charge in [-0.1, -0.05) is 12.1 Å². The highest BCUT2D eigenvalue weighted by Gasteiger charge is 2.32. The summed E-state index contributed by atoms with van der Waals surface area (Å²) in [7, 11) is 0. The Bertz CT molecular complexity index is 1420. The fourth-order valence-corrected chi connectivity index (χ4v) is 5.52. The van der Waals surface area contributed by atoms with Crippen molar-refractivity contribution in [1.29, 1.82) is 0 Å². The van der Waals surface area contributed by atoms with Gasteiger partial charge in [-0.15, -0.1) is 0 Å². The number of aromatic nitrogens is 4. The molecule has 3 N–H and O–H groups in total. The molecule has 0 aliphatic heterocycles. The van der Waals surface area contributed by atoms with Crippen LogP contribution in [0.2, 0.25) is 0 Å². The van der Waals surface area contributed by atoms with Crippen molar-refractivity contribution in [3.63, 3.8) is 0 Å². The first-order valence-electron chi connectivity index (χ1n) is 12.0. The van der Waals surface area contributed by atoms with Crippen LogP contribution in [0.5, 0.6) is 0 Å². The SMILES string of the molecule is C[C@]1(NCc2ccc([N+](=O)[O-])cn2)CCC[C@@H](Nc2ncc3c(n2)-c2c[nH]c4cccc(c24)C3)C1. The van der Waals surface area contributed by atoms with Crippen molar-refractivity contribution in [1.82, 2.24) is 25.3 Å². The molecule has 0 spiro atoms. The molecular formula is C26H27N7O2. The van der Waals surface area contributed by atoms with Gasteiger partial charge in [0.25, 0.3) is 5.69 Å². The second-order valence-electron chi connectivity index (χ2n) is 9.90. The molecule has 35 heavy (non-hydrogen) atoms. The maximum Gasteiger partial charge on any atom is 0.287 e. The summed E-state index contributed by atoms with van der Waals surface area (Å²) in [4.78, 5) is 27.6. The third-order valence-electron chi connectivity index (χ3n) is 7.32. The lowest BCUT2D eigenvalue weighted by molar-refractivity contribution is -0.385. The molecule has 0 saturated heterocycles. The second kappa shape index (κ2) is 8.42. The van der Waals surface area contributed by atoms with E-state index in [0.29, 0.717) is 12.5 Å². The zero-order valence-corrected chi connectivity index (χ0v) is 19.5. The second-order valence-corrected chi connectivity index (χ2v) is 9.90. The molecule has 9 nitrogen and oxygen atoms in total. The van der Waals surface area contributed by atoms with Gasteiger partial charge in [0.2, 0.25) is 5.95 Å². The first kappa shape index (κ1) is 21.7. The van der Waals surface area contributed by atoms with Gasteiger partial charge in [-0.3, -0.25) is 15.1 Å². The molecule has 178 valence electrons. The van der Waals surface area contributed by atoms with Crippen molar-refractivity contribution in [3.05, 3.63) is 75.9 Å². The van der Waals surface area contributed by atoms with E-state index in [4.69, 9.17) is 4.98 Å². The van der Waals surface area contributed by atoms with E-state index in [1.54, 1.807) is 6.07 Å². The molecule has 2 aliphatic rings. The van der Waals surface area contributed by atoms with Crippen molar-refractivity contribution in [3.8, 4) is 11.3 Å². The number of fused-ring (bicyclic) bond motifs is 2. The first-order valence-corrected chi connectivity index (χ1v) is 12.0. The van der Waals surface area contributed by atoms with Crippen molar-refractivity contribution in [2.45, 2.75) is 57.2 Å². The molecule has 3 aromatic heterocycles. The number of nitrogens with zero attached hydrogens (tertiary/aromatic N) is 4. The van der Waals surface area contributed by atoms with E-state index in [-0.39, 0.29) is 17.3 Å². The summed E-state index contributed by atoms with van der Waals surface area (Å²) in [5.74, 6) is 0.670. The van der Waals surface area contributed by atoms with E-state index in [1.165, 1.54) is 23.2 Å². The minimum atomic E-state index is -0.427. The number of hydrogen-bond acceptors (Lipinski definition) is 7. The normalized spacial score (nSPS) is 21.0. The van der Waals surface area contributed by atoms with Crippen LogP contribution in [0.4, 0.5) is 11.6 Å². The Morgan fingerprint density at radius 2 is 2.11 bits per heavy atom. The Hall–Kier alpha value is -3.85. The van der Waals surface area contributed by atoms with E-state index in [2.05, 4.69) is 56.9 Å². The standard InChI is InChI=1S/C26H27N7O2/c1-26(30-13-19-7-8-20(14-27-19)33(34)35)9-3-5-18(11-26)31-25-29-12-17-10-16-4-2-6-22-23(16)21(15-28-22)24(17)32-25/h2,4,6-8,12,14-15,18,28,30H,3,5,9-11,13H2,1H3,(H,29,31,32)/t18-,26+/m1/s1. The number of nitro groups is 1. The summed E-state index contributed by atoms with van der Waals surface area (Å²) in [6.45, 7) is 2.80. The molecule has 4 aromatic rings. The number of H-pyrrole nitrogens is 1. The molecule has 3 heterocycles. The lowest BCUT2D eigenvalue weighted by atomic mass is 9.80. The Kier molecular flexibility index (Phi) is 5.21. The molecular weight excluding hydrogens is 442 g/mol. The topological polar surface area (TPSA) is 122 Å². The molecule has 0 amide bonds. The summed E-state index contributed by atoms with van der Waals surface area (Å²) in [6, 6.07) is 9.84. The van der Waals surface area contributed by atoms with Crippen LogP contribution >= 0.6 is 0 Å². The number of rotatable bonds is 6. The number of anilines is 1. The van der Waals surface area contributed by atoms with Crippen molar-refractivity contribution < 1.29 is 4.92 Å². The van der Waals surface area contributed by atoms with E-state index in [0.717, 1.165) is 60.1 Å². The average Bonchev–Trinajstić information content (AvgIpc) is 3.30. The zero-order chi connectivity index (χ0) is 24.0. The van der Waals surface area contributed by atoms with Gasteiger partial charge in [0.1, 0.15) is 6.20 Å². The van der Waals surface area contributed by atoms with Crippen LogP contribution < -0.4 is 10.6 Å². The average molecular weight is 470 g/mol. The van der Waals surface area contributed by atoms with Crippen LogP contribution in [0.1, 0.15) is 49.4 Å². The Morgan fingerprint density at radius 3 is 2.94 bits per heavy atom. The van der Waals surface area contributed by atoms with Crippen LogP contribution in [-0.2, 0) is 13.0 Å². The van der Waals surface area contributed by atoms with E-state index in [1.807, 2.05) is 6.20 Å². The van der Waals surface area contributed by atoms with Gasteiger partial charge in [-0.2, -0.15) is 0 Å². The predicted molar refractivity (Wildman–Crippen MR) is 134 cm³/mol. The Balaban J connectivity index is 1.15. The molecule has 1 fully saturated rings. The van der Waals surface area contributed by atoms with Crippen molar-refractivity contribution in [2.24, 2.45) is 0 Å². The highest BCUT2D eigenvalue weighted by molar-refractivity contribution is 5.99. The third kappa shape index (κ3) is 4.12. The van der Waals surface area contributed by atoms with Gasteiger partial charge in [0, 0.05) is 65.0 Å². The van der Waals surface area contributed by atoms with Crippen LogP contribution in [-0.4, -0.2) is 36.4 Å². The summed E-state index contributed by atoms with van der Waals surface area (Å²) < 4.78 is 0. The molecule has 0 unspecified atom stereocenters. The molecule has 2 atom stereocenters. The zero-order valence-electron chi connectivity index (χ0n) is 19.5. The summed E-state index contributed by atoms with van der Waals surface area (Å²) in [5.41, 5.74) is 6.50. The van der Waals surface area contributed by atoms with Gasteiger partial charge in [0.15, 0.2) is 0 Å². The largest absolute Gasteiger partial charge is 0.360 e. The number of aromatic amines is 1. The van der Waals surface area contributed by atoms with Crippen LogP contribution in [0.3, 0.4) is 0 Å². The summed E-state index contributed by atoms with van der Waals surface area (Å²) >= 11 is 0. The van der Waals surface area contributed by atoms with E-state index < -0.39 is 4.92 Å². The molecule has 2 aliphatic carbocycles. The summed E-state index contributed by atoms with van der Waals surface area (Å²) in [5, 5.41) is 19.3. The molecule has 6 rings (SSSR count). The number of pyridine rings is 1. The smallest absolute Gasteiger partial charge is 0.287 e. The number of benzene rings is 1. The molecule has 0 radical (unpaired) electrons. The van der Waals surface area contributed by atoms with Crippen LogP contribution in [0, 0.1) is 10.1 Å². The van der Waals surface area contributed by atoms with Gasteiger partial charge in [-0.05, 0) is 50.3 Å².